The number of rotatable bonds is 2. The van der Waals surface area contributed by atoms with Crippen LogP contribution in [0.1, 0.15) is 0 Å². The first-order valence-corrected chi connectivity index (χ1v) is 22.1. The summed E-state index contributed by atoms with van der Waals surface area (Å²) in [5.74, 6) is 1.73. The summed E-state index contributed by atoms with van der Waals surface area (Å²) in [7, 11) is 0. The summed E-state index contributed by atoms with van der Waals surface area (Å²) >= 11 is 0. The van der Waals surface area contributed by atoms with Crippen LogP contribution in [0, 0.1) is 0 Å². The Labute approximate surface area is 365 Å². The average molecular weight is 809 g/mol. The van der Waals surface area contributed by atoms with Gasteiger partial charge in [-0.15, -0.1) is 0 Å². The van der Waals surface area contributed by atoms with Crippen molar-refractivity contribution in [1.82, 2.24) is 0 Å². The van der Waals surface area contributed by atoms with Crippen LogP contribution in [-0.2, 0) is 0 Å². The Balaban J connectivity index is 1.09. The van der Waals surface area contributed by atoms with Crippen LogP contribution in [0.5, 0.6) is 0 Å². The van der Waals surface area contributed by atoms with E-state index in [9.17, 15) is 0 Å². The SMILES string of the molecule is c1ccc2oc(-c3c4c(c(-c5cc6ccccc6o5)c5c3ccc3c6cc7c(cc6ccc35)-c3cc5ccccc5c5cccc-7c35)-c3cccc5c3c-4cc3ccccc35)cc2c1. The van der Waals surface area contributed by atoms with Crippen molar-refractivity contribution in [1.29, 1.82) is 0 Å². The summed E-state index contributed by atoms with van der Waals surface area (Å²) in [5, 5.41) is 19.6. The van der Waals surface area contributed by atoms with Gasteiger partial charge in [0.15, 0.2) is 0 Å². The summed E-state index contributed by atoms with van der Waals surface area (Å²) < 4.78 is 14.0. The van der Waals surface area contributed by atoms with E-state index in [1.807, 2.05) is 0 Å². The van der Waals surface area contributed by atoms with Crippen LogP contribution in [0.3, 0.4) is 0 Å². The molecule has 12 aromatic carbocycles. The van der Waals surface area contributed by atoms with Gasteiger partial charge in [-0.2, -0.15) is 0 Å². The largest absolute Gasteiger partial charge is 0.456 e. The maximum Gasteiger partial charge on any atom is 0.136 e. The van der Waals surface area contributed by atoms with Crippen molar-refractivity contribution in [3.63, 3.8) is 0 Å². The van der Waals surface area contributed by atoms with Gasteiger partial charge in [-0.25, -0.2) is 0 Å². The highest BCUT2D eigenvalue weighted by atomic mass is 16.3. The molecule has 0 N–H and O–H groups in total. The molecule has 0 aliphatic heterocycles. The Hall–Kier alpha value is -8.46. The molecule has 0 amide bonds. The molecule has 2 aliphatic carbocycles. The topological polar surface area (TPSA) is 26.3 Å². The average Bonchev–Trinajstić information content (AvgIpc) is 4.13. The molecule has 0 unspecified atom stereocenters. The lowest BCUT2D eigenvalue weighted by atomic mass is 9.83. The summed E-state index contributed by atoms with van der Waals surface area (Å²) in [6.45, 7) is 0. The van der Waals surface area contributed by atoms with E-state index < -0.39 is 0 Å². The fraction of sp³-hybridized carbons (Fsp3) is 0. The van der Waals surface area contributed by atoms with E-state index >= 15 is 0 Å². The second kappa shape index (κ2) is 11.7. The first-order chi connectivity index (χ1) is 31.7. The highest BCUT2D eigenvalue weighted by molar-refractivity contribution is 6.35. The molecule has 0 saturated carbocycles. The van der Waals surface area contributed by atoms with Gasteiger partial charge >= 0.3 is 0 Å². The van der Waals surface area contributed by atoms with Crippen molar-refractivity contribution in [2.75, 3.05) is 0 Å². The molecule has 0 atom stereocenters. The molecular formula is C62H32O2. The Morgan fingerprint density at radius 2 is 0.703 bits per heavy atom. The number of fused-ring (bicyclic) bond motifs is 17. The molecule has 14 aromatic rings. The van der Waals surface area contributed by atoms with Gasteiger partial charge in [0.1, 0.15) is 22.7 Å². The Kier molecular flexibility index (Phi) is 6.08. The van der Waals surface area contributed by atoms with Crippen LogP contribution in [-0.4, -0.2) is 0 Å². The van der Waals surface area contributed by atoms with Gasteiger partial charge in [0, 0.05) is 38.4 Å². The first-order valence-electron chi connectivity index (χ1n) is 22.1. The second-order valence-electron chi connectivity index (χ2n) is 17.8. The van der Waals surface area contributed by atoms with Crippen LogP contribution in [0.15, 0.2) is 203 Å². The summed E-state index contributed by atoms with van der Waals surface area (Å²) in [6, 6.07) is 71.7. The van der Waals surface area contributed by atoms with E-state index in [0.29, 0.717) is 0 Å². The van der Waals surface area contributed by atoms with Crippen LogP contribution in [0.4, 0.5) is 0 Å². The maximum atomic E-state index is 7.03. The smallest absolute Gasteiger partial charge is 0.136 e. The molecule has 2 aliphatic rings. The fourth-order valence-electron chi connectivity index (χ4n) is 12.0. The third-order valence-electron chi connectivity index (χ3n) is 14.7. The zero-order valence-corrected chi connectivity index (χ0v) is 34.3. The molecule has 2 heteroatoms. The Morgan fingerprint density at radius 3 is 1.41 bits per heavy atom. The number of benzene rings is 12. The molecule has 16 rings (SSSR count). The first kappa shape index (κ1) is 33.2. The van der Waals surface area contributed by atoms with E-state index in [2.05, 4.69) is 194 Å². The highest BCUT2D eigenvalue weighted by Gasteiger charge is 2.34. The van der Waals surface area contributed by atoms with E-state index in [4.69, 9.17) is 8.83 Å². The van der Waals surface area contributed by atoms with Crippen LogP contribution >= 0.6 is 0 Å². The van der Waals surface area contributed by atoms with Crippen molar-refractivity contribution >= 4 is 97.3 Å². The molecule has 0 fully saturated rings. The van der Waals surface area contributed by atoms with Crippen molar-refractivity contribution in [2.45, 2.75) is 0 Å². The lowest BCUT2D eigenvalue weighted by Crippen LogP contribution is -1.94. The van der Waals surface area contributed by atoms with Crippen LogP contribution in [0.25, 0.3) is 165 Å². The van der Waals surface area contributed by atoms with Crippen molar-refractivity contribution in [3.05, 3.63) is 194 Å². The predicted octanol–water partition coefficient (Wildman–Crippen LogP) is 17.9. The highest BCUT2D eigenvalue weighted by Crippen LogP contribution is 2.60. The molecule has 292 valence electrons. The van der Waals surface area contributed by atoms with Gasteiger partial charge in [-0.1, -0.05) is 146 Å². The second-order valence-corrected chi connectivity index (χ2v) is 17.8. The molecule has 64 heavy (non-hydrogen) atoms. The molecule has 0 saturated heterocycles. The van der Waals surface area contributed by atoms with Gasteiger partial charge in [-0.3, -0.25) is 0 Å². The van der Waals surface area contributed by atoms with Gasteiger partial charge < -0.3 is 8.83 Å². The third-order valence-corrected chi connectivity index (χ3v) is 14.7. The van der Waals surface area contributed by atoms with E-state index in [-0.39, 0.29) is 0 Å². The maximum absolute atomic E-state index is 7.03. The van der Waals surface area contributed by atoms with Crippen molar-refractivity contribution in [2.24, 2.45) is 0 Å². The number of hydrogen-bond acceptors (Lipinski definition) is 2. The Bertz CT molecular complexity index is 4410. The van der Waals surface area contributed by atoms with Gasteiger partial charge in [-0.05, 0) is 152 Å². The summed E-state index contributed by atoms with van der Waals surface area (Å²) in [6.07, 6.45) is 0. The lowest BCUT2D eigenvalue weighted by molar-refractivity contribution is 0.631. The quantitative estimate of drug-likeness (QED) is 0.163. The molecule has 0 spiro atoms. The monoisotopic (exact) mass is 808 g/mol. The minimum Gasteiger partial charge on any atom is -0.456 e. The molecule has 2 heterocycles. The van der Waals surface area contributed by atoms with E-state index in [0.717, 1.165) is 50.0 Å². The third kappa shape index (κ3) is 4.11. The normalized spacial score (nSPS) is 12.7. The van der Waals surface area contributed by atoms with Gasteiger partial charge in [0.25, 0.3) is 0 Å². The molecule has 2 aromatic heterocycles. The van der Waals surface area contributed by atoms with Crippen molar-refractivity contribution in [3.8, 4) is 67.2 Å². The predicted molar refractivity (Wildman–Crippen MR) is 268 cm³/mol. The summed E-state index contributed by atoms with van der Waals surface area (Å²) in [4.78, 5) is 0. The van der Waals surface area contributed by atoms with Gasteiger partial charge in [0.2, 0.25) is 0 Å². The zero-order chi connectivity index (χ0) is 41.4. The lowest BCUT2D eigenvalue weighted by Gasteiger charge is -2.20. The number of furan rings is 2. The fourth-order valence-corrected chi connectivity index (χ4v) is 12.0. The molecule has 0 bridgehead atoms. The number of para-hydroxylation sites is 2. The molecule has 2 nitrogen and oxygen atoms in total. The molecular weight excluding hydrogens is 777 g/mol. The Morgan fingerprint density at radius 1 is 0.219 bits per heavy atom. The number of hydrogen-bond donors (Lipinski definition) is 0. The van der Waals surface area contributed by atoms with Gasteiger partial charge in [0.05, 0.1) is 0 Å². The van der Waals surface area contributed by atoms with Crippen LogP contribution in [0.2, 0.25) is 0 Å². The zero-order valence-electron chi connectivity index (χ0n) is 34.3. The standard InChI is InChI=1S/C62H32O2/c1-5-15-38-33(11-1)28-50-48-27-35-23-24-44-40(47(35)32-49(48)43-19-9-17-41(38)56(43)50)25-26-46-58(44)62(55-31-37-14-4-8-22-53(37)64-55)60-45-20-10-18-42-39-16-6-2-12-34(39)29-51(57(42)45)61(60)59(46)54-30-36-13-3-7-21-52(36)63-54/h1-32H. The minimum absolute atomic E-state index is 0.865. The summed E-state index contributed by atoms with van der Waals surface area (Å²) in [5.41, 5.74) is 14.0. The van der Waals surface area contributed by atoms with Crippen molar-refractivity contribution < 1.29 is 8.83 Å². The van der Waals surface area contributed by atoms with E-state index in [1.165, 1.54) is 115 Å². The molecule has 0 radical (unpaired) electrons. The van der Waals surface area contributed by atoms with E-state index in [1.54, 1.807) is 0 Å². The minimum atomic E-state index is 0.865. The van der Waals surface area contributed by atoms with Crippen LogP contribution < -0.4 is 0 Å².